The Bertz CT molecular complexity index is 445. The Kier molecular flexibility index (Phi) is 12.4. The van der Waals surface area contributed by atoms with Gasteiger partial charge in [0, 0.05) is 13.2 Å². The van der Waals surface area contributed by atoms with Gasteiger partial charge in [-0.15, -0.1) is 0 Å². The molecule has 0 amide bonds. The van der Waals surface area contributed by atoms with Crippen molar-refractivity contribution in [2.45, 2.75) is 84.6 Å². The number of hydrogen-bond donors (Lipinski definition) is 0. The lowest BCUT2D eigenvalue weighted by atomic mass is 10.1. The number of Topliss-reactive ketones (excluding diaryl/α,β-unsaturated/α-hetero) is 1. The van der Waals surface area contributed by atoms with Crippen LogP contribution in [-0.2, 0) is 28.3 Å². The number of rotatable bonds is 16. The lowest BCUT2D eigenvalue weighted by molar-refractivity contribution is -0.371. The van der Waals surface area contributed by atoms with Gasteiger partial charge in [0.15, 0.2) is 5.78 Å². The molecule has 0 spiro atoms. The molecule has 0 saturated carbocycles. The van der Waals surface area contributed by atoms with Crippen LogP contribution < -0.4 is 0 Å². The van der Waals surface area contributed by atoms with E-state index in [1.807, 2.05) is 27.7 Å². The van der Waals surface area contributed by atoms with Gasteiger partial charge in [-0.2, -0.15) is 0 Å². The quantitative estimate of drug-likeness (QED) is 0.213. The van der Waals surface area contributed by atoms with Crippen molar-refractivity contribution < 1.29 is 28.3 Å². The van der Waals surface area contributed by atoms with E-state index in [1.165, 1.54) is 0 Å². The summed E-state index contributed by atoms with van der Waals surface area (Å²) in [6, 6.07) is 0. The van der Waals surface area contributed by atoms with Crippen molar-refractivity contribution in [1.29, 1.82) is 0 Å². The summed E-state index contributed by atoms with van der Waals surface area (Å²) in [6.45, 7) is 15.7. The van der Waals surface area contributed by atoms with Crippen LogP contribution in [0.5, 0.6) is 0 Å². The number of carbonyl (C=O) groups is 1. The van der Waals surface area contributed by atoms with Gasteiger partial charge in [0.05, 0.1) is 6.61 Å². The van der Waals surface area contributed by atoms with Gasteiger partial charge in [-0.05, 0) is 45.1 Å². The maximum atomic E-state index is 12.4. The van der Waals surface area contributed by atoms with Crippen LogP contribution in [0.3, 0.4) is 0 Å². The summed E-state index contributed by atoms with van der Waals surface area (Å²) >= 11 is 0. The minimum absolute atomic E-state index is 0.256. The molecule has 0 heterocycles. The van der Waals surface area contributed by atoms with Crippen LogP contribution in [-0.4, -0.2) is 43.0 Å². The smallest absolute Gasteiger partial charge is 0.307 e. The zero-order chi connectivity index (χ0) is 20.2. The third-order valence-corrected chi connectivity index (χ3v) is 4.63. The van der Waals surface area contributed by atoms with Crippen LogP contribution in [0.25, 0.3) is 0 Å². The Labute approximate surface area is 159 Å². The summed E-state index contributed by atoms with van der Waals surface area (Å²) in [5.41, 5.74) is -1.38. The third kappa shape index (κ3) is 6.82. The number of ether oxygens (including phenoxy) is 4. The Morgan fingerprint density at radius 1 is 1.00 bits per heavy atom. The maximum Gasteiger partial charge on any atom is 0.307 e. The molecule has 0 aromatic heterocycles. The predicted octanol–water partition coefficient (Wildman–Crippen LogP) is 4.87. The monoisotopic (exact) mass is 390 g/mol. The van der Waals surface area contributed by atoms with E-state index in [1.54, 1.807) is 13.8 Å². The zero-order valence-corrected chi connectivity index (χ0v) is 18.0. The van der Waals surface area contributed by atoms with Crippen LogP contribution in [0.2, 0.25) is 0 Å². The molecule has 26 heavy (non-hydrogen) atoms. The van der Waals surface area contributed by atoms with E-state index in [0.29, 0.717) is 31.6 Å². The molecular weight excluding hydrogens is 355 g/mol. The predicted molar refractivity (Wildman–Crippen MR) is 102 cm³/mol. The van der Waals surface area contributed by atoms with Crippen LogP contribution in [0.15, 0.2) is 12.2 Å². The molecule has 0 aromatic rings. The van der Waals surface area contributed by atoms with E-state index in [-0.39, 0.29) is 12.4 Å². The minimum atomic E-state index is -1.75. The third-order valence-electron chi connectivity index (χ3n) is 3.74. The average Bonchev–Trinajstić information content (AvgIpc) is 2.64. The van der Waals surface area contributed by atoms with Gasteiger partial charge in [0.1, 0.15) is 6.10 Å². The van der Waals surface area contributed by atoms with Crippen molar-refractivity contribution in [2.75, 3.05) is 19.8 Å². The molecular formula is C19H35O6P. The van der Waals surface area contributed by atoms with Crippen LogP contribution in [0, 0.1) is 0 Å². The second-order valence-electron chi connectivity index (χ2n) is 6.32. The first-order valence-electron chi connectivity index (χ1n) is 9.41. The molecule has 0 N–H and O–H groups in total. The van der Waals surface area contributed by atoms with Crippen molar-refractivity contribution in [2.24, 2.45) is 0 Å². The van der Waals surface area contributed by atoms with Gasteiger partial charge < -0.3 is 18.9 Å². The molecule has 0 fully saturated rings. The van der Waals surface area contributed by atoms with Gasteiger partial charge in [0.2, 0.25) is 14.2 Å². The van der Waals surface area contributed by atoms with E-state index in [4.69, 9.17) is 18.9 Å². The molecule has 2 unspecified atom stereocenters. The molecule has 0 rings (SSSR count). The fourth-order valence-electron chi connectivity index (χ4n) is 2.25. The summed E-state index contributed by atoms with van der Waals surface area (Å²) in [6.07, 6.45) is 1.71. The highest BCUT2D eigenvalue weighted by atomic mass is 31.1. The van der Waals surface area contributed by atoms with Gasteiger partial charge in [-0.25, -0.2) is 0 Å². The van der Waals surface area contributed by atoms with E-state index < -0.39 is 25.9 Å². The molecule has 6 nitrogen and oxygen atoms in total. The van der Waals surface area contributed by atoms with Gasteiger partial charge in [-0.1, -0.05) is 34.3 Å². The van der Waals surface area contributed by atoms with Crippen molar-refractivity contribution in [3.8, 4) is 0 Å². The summed E-state index contributed by atoms with van der Waals surface area (Å²) in [7, 11) is -0.465. The highest BCUT2D eigenvalue weighted by Gasteiger charge is 2.57. The molecule has 2 atom stereocenters. The van der Waals surface area contributed by atoms with Crippen LogP contribution >= 0.6 is 8.46 Å². The van der Waals surface area contributed by atoms with E-state index in [9.17, 15) is 9.36 Å². The van der Waals surface area contributed by atoms with Crippen molar-refractivity contribution in [3.63, 3.8) is 0 Å². The summed E-state index contributed by atoms with van der Waals surface area (Å²) < 4.78 is 36.0. The van der Waals surface area contributed by atoms with E-state index in [2.05, 4.69) is 6.58 Å². The average molecular weight is 390 g/mol. The molecule has 0 saturated heterocycles. The minimum Gasteiger partial charge on any atom is -0.345 e. The molecule has 7 heteroatoms. The SMILES string of the molecule is C=C(C)C(=O)C(CC)OC(OCCC)(P=O)C(C)(OCCC)OCCC. The van der Waals surface area contributed by atoms with Gasteiger partial charge in [-0.3, -0.25) is 9.36 Å². The van der Waals surface area contributed by atoms with E-state index >= 15 is 0 Å². The summed E-state index contributed by atoms with van der Waals surface area (Å²) in [5, 5.41) is 0. The van der Waals surface area contributed by atoms with Crippen LogP contribution in [0.4, 0.5) is 0 Å². The topological polar surface area (TPSA) is 71.1 Å². The normalized spacial score (nSPS) is 15.6. The second-order valence-corrected chi connectivity index (χ2v) is 7.09. The Morgan fingerprint density at radius 3 is 1.81 bits per heavy atom. The first-order valence-corrected chi connectivity index (χ1v) is 10.2. The first kappa shape index (κ1) is 25.4. The number of hydrogen-bond acceptors (Lipinski definition) is 6. The van der Waals surface area contributed by atoms with Gasteiger partial charge >= 0.3 is 5.53 Å². The molecule has 152 valence electrons. The van der Waals surface area contributed by atoms with E-state index in [0.717, 1.165) is 12.8 Å². The fraction of sp³-hybridized carbons (Fsp3) is 0.842. The molecule has 0 bridgehead atoms. The fourth-order valence-corrected chi connectivity index (χ4v) is 2.86. The summed E-state index contributed by atoms with van der Waals surface area (Å²) in [5.74, 6) is -1.69. The highest BCUT2D eigenvalue weighted by molar-refractivity contribution is 7.25. The number of ketones is 1. The molecule has 0 radical (unpaired) electrons. The highest BCUT2D eigenvalue weighted by Crippen LogP contribution is 2.43. The van der Waals surface area contributed by atoms with Crippen molar-refractivity contribution >= 4 is 14.2 Å². The lowest BCUT2D eigenvalue weighted by Gasteiger charge is -2.43. The molecule has 0 aliphatic heterocycles. The Balaban J connectivity index is 5.95. The Hall–Kier alpha value is -0.650. The molecule has 0 aliphatic carbocycles. The maximum absolute atomic E-state index is 12.4. The van der Waals surface area contributed by atoms with Crippen LogP contribution in [0.1, 0.15) is 67.2 Å². The lowest BCUT2D eigenvalue weighted by Crippen LogP contribution is -2.58. The second kappa shape index (κ2) is 12.7. The van der Waals surface area contributed by atoms with Gasteiger partial charge in [0.25, 0.3) is 0 Å². The zero-order valence-electron chi connectivity index (χ0n) is 17.1. The largest absolute Gasteiger partial charge is 0.345 e. The standard InChI is InChI=1S/C19H35O6P/c1-8-12-22-18(7,23-13-9-2)19(26-21,24-14-10-3)25-16(11-4)17(20)15(5)6/h16H,5,8-14H2,1-4,6-7H3. The molecule has 0 aromatic carbocycles. The van der Waals surface area contributed by atoms with Crippen molar-refractivity contribution in [1.82, 2.24) is 0 Å². The van der Waals surface area contributed by atoms with Crippen molar-refractivity contribution in [3.05, 3.63) is 12.2 Å². The molecule has 0 aliphatic rings. The first-order chi connectivity index (χ1) is 12.3. The Morgan fingerprint density at radius 2 is 1.46 bits per heavy atom. The number of carbonyl (C=O) groups excluding carboxylic acids is 1. The summed E-state index contributed by atoms with van der Waals surface area (Å²) in [4.78, 5) is 12.4.